The second-order valence-electron chi connectivity index (χ2n) is 5.37. The van der Waals surface area contributed by atoms with Crippen LogP contribution < -0.4 is 10.2 Å². The van der Waals surface area contributed by atoms with Crippen molar-refractivity contribution in [2.45, 2.75) is 13.5 Å². The molecule has 2 aromatic rings. The topological polar surface area (TPSA) is 63.1 Å². The lowest BCUT2D eigenvalue weighted by Crippen LogP contribution is -2.30. The molecule has 21 heavy (non-hydrogen) atoms. The summed E-state index contributed by atoms with van der Waals surface area (Å²) in [5.74, 6) is 1.03. The van der Waals surface area contributed by atoms with Crippen LogP contribution in [0.2, 0.25) is 0 Å². The highest BCUT2D eigenvalue weighted by Gasteiger charge is 2.10. The van der Waals surface area contributed by atoms with Crippen molar-refractivity contribution in [3.05, 3.63) is 42.6 Å². The van der Waals surface area contributed by atoms with Crippen molar-refractivity contribution >= 4 is 11.7 Å². The lowest BCUT2D eigenvalue weighted by molar-refractivity contribution is 0.0947. The Hall–Kier alpha value is -2.37. The molecule has 0 bridgehead atoms. The predicted octanol–water partition coefficient (Wildman–Crippen LogP) is 1.41. The number of nitrogens with one attached hydrogen (secondary N) is 1. The lowest BCUT2D eigenvalue weighted by atomic mass is 10.1. The van der Waals surface area contributed by atoms with E-state index in [-0.39, 0.29) is 5.91 Å². The van der Waals surface area contributed by atoms with Crippen LogP contribution in [0.25, 0.3) is 0 Å². The number of aromatic nitrogens is 3. The number of anilines is 1. The maximum Gasteiger partial charge on any atom is 0.251 e. The average molecular weight is 287 g/mol. The van der Waals surface area contributed by atoms with Crippen LogP contribution in [0.1, 0.15) is 17.3 Å². The molecule has 0 spiro atoms. The fourth-order valence-electron chi connectivity index (χ4n) is 1.99. The van der Waals surface area contributed by atoms with Gasteiger partial charge in [0.2, 0.25) is 0 Å². The van der Waals surface area contributed by atoms with Gasteiger partial charge in [-0.05, 0) is 18.1 Å². The van der Waals surface area contributed by atoms with E-state index in [9.17, 15) is 4.79 Å². The third-order valence-corrected chi connectivity index (χ3v) is 3.16. The van der Waals surface area contributed by atoms with Crippen molar-refractivity contribution in [2.24, 2.45) is 5.92 Å². The summed E-state index contributed by atoms with van der Waals surface area (Å²) in [6.07, 6.45) is 7.11. The molecule has 0 aliphatic rings. The molecule has 2 heterocycles. The molecule has 112 valence electrons. The van der Waals surface area contributed by atoms with Crippen molar-refractivity contribution < 1.29 is 4.79 Å². The van der Waals surface area contributed by atoms with Crippen LogP contribution in [-0.2, 0) is 6.54 Å². The summed E-state index contributed by atoms with van der Waals surface area (Å²) >= 11 is 0. The molecule has 0 radical (unpaired) electrons. The number of nitrogens with zero attached hydrogens (tertiary/aromatic N) is 4. The van der Waals surface area contributed by atoms with Gasteiger partial charge in [-0.1, -0.05) is 6.92 Å². The Morgan fingerprint density at radius 3 is 2.90 bits per heavy atom. The molecule has 2 rings (SSSR count). The quantitative estimate of drug-likeness (QED) is 0.872. The summed E-state index contributed by atoms with van der Waals surface area (Å²) in [4.78, 5) is 22.2. The molecular weight excluding hydrogens is 266 g/mol. The minimum absolute atomic E-state index is 0.0713. The smallest absolute Gasteiger partial charge is 0.251 e. The molecule has 1 N–H and O–H groups in total. The second-order valence-corrected chi connectivity index (χ2v) is 5.37. The van der Waals surface area contributed by atoms with Crippen LogP contribution in [0.3, 0.4) is 0 Å². The van der Waals surface area contributed by atoms with Gasteiger partial charge in [0.1, 0.15) is 5.82 Å². The zero-order valence-corrected chi connectivity index (χ0v) is 12.7. The molecule has 0 saturated heterocycles. The minimum Gasteiger partial charge on any atom is -0.363 e. The molecule has 1 atom stereocenters. The average Bonchev–Trinajstić information content (AvgIpc) is 2.97. The molecule has 1 unspecified atom stereocenters. The maximum atomic E-state index is 12.1. The molecule has 2 aromatic heterocycles. The highest BCUT2D eigenvalue weighted by molar-refractivity contribution is 5.94. The zero-order valence-electron chi connectivity index (χ0n) is 12.7. The second kappa shape index (κ2) is 6.88. The number of rotatable bonds is 6. The predicted molar refractivity (Wildman–Crippen MR) is 82.3 cm³/mol. The van der Waals surface area contributed by atoms with E-state index in [2.05, 4.69) is 22.2 Å². The highest BCUT2D eigenvalue weighted by Crippen LogP contribution is 2.09. The monoisotopic (exact) mass is 287 g/mol. The summed E-state index contributed by atoms with van der Waals surface area (Å²) in [7, 11) is 3.80. The number of carbonyl (C=O) groups is 1. The fourth-order valence-corrected chi connectivity index (χ4v) is 1.99. The van der Waals surface area contributed by atoms with Gasteiger partial charge in [0, 0.05) is 51.3 Å². The van der Waals surface area contributed by atoms with Crippen LogP contribution in [-0.4, -0.2) is 41.1 Å². The van der Waals surface area contributed by atoms with Crippen LogP contribution >= 0.6 is 0 Å². The van der Waals surface area contributed by atoms with E-state index in [1.807, 2.05) is 29.8 Å². The van der Waals surface area contributed by atoms with E-state index < -0.39 is 0 Å². The van der Waals surface area contributed by atoms with Gasteiger partial charge in [-0.15, -0.1) is 0 Å². The van der Waals surface area contributed by atoms with E-state index >= 15 is 0 Å². The first-order valence-corrected chi connectivity index (χ1v) is 6.93. The Bertz CT molecular complexity index is 580. The minimum atomic E-state index is -0.0713. The van der Waals surface area contributed by atoms with Crippen molar-refractivity contribution in [3.8, 4) is 0 Å². The van der Waals surface area contributed by atoms with Crippen molar-refractivity contribution in [3.63, 3.8) is 0 Å². The van der Waals surface area contributed by atoms with E-state index in [1.165, 1.54) is 0 Å². The first-order valence-electron chi connectivity index (χ1n) is 6.93. The molecule has 0 aliphatic heterocycles. The fraction of sp³-hybridized carbons (Fsp3) is 0.400. The third kappa shape index (κ3) is 4.30. The summed E-state index contributed by atoms with van der Waals surface area (Å²) in [5.41, 5.74) is 0.628. The summed E-state index contributed by atoms with van der Waals surface area (Å²) in [6, 6.07) is 3.51. The van der Waals surface area contributed by atoms with Crippen molar-refractivity contribution in [2.75, 3.05) is 25.5 Å². The SMILES string of the molecule is CC(CNC(=O)c1ccnc(N(C)C)c1)Cn1ccnc1. The van der Waals surface area contributed by atoms with Crippen LogP contribution in [0.15, 0.2) is 37.1 Å². The molecule has 0 aromatic carbocycles. The number of hydrogen-bond acceptors (Lipinski definition) is 4. The van der Waals surface area contributed by atoms with Gasteiger partial charge in [0.05, 0.1) is 6.33 Å². The first kappa shape index (κ1) is 15.0. The van der Waals surface area contributed by atoms with Crippen LogP contribution in [0.4, 0.5) is 5.82 Å². The van der Waals surface area contributed by atoms with E-state index in [1.54, 1.807) is 30.9 Å². The standard InChI is InChI=1S/C15H21N5O/c1-12(10-20-7-6-16-11-20)9-18-15(21)13-4-5-17-14(8-13)19(2)3/h4-8,11-12H,9-10H2,1-3H3,(H,18,21). The van der Waals surface area contributed by atoms with Gasteiger partial charge in [0.25, 0.3) is 5.91 Å². The van der Waals surface area contributed by atoms with Crippen LogP contribution in [0, 0.1) is 5.92 Å². The summed E-state index contributed by atoms with van der Waals surface area (Å²) in [5, 5.41) is 2.96. The molecule has 1 amide bonds. The molecular formula is C15H21N5O. The van der Waals surface area contributed by atoms with Crippen LogP contribution in [0.5, 0.6) is 0 Å². The van der Waals surface area contributed by atoms with Gasteiger partial charge in [-0.25, -0.2) is 9.97 Å². The summed E-state index contributed by atoms with van der Waals surface area (Å²) < 4.78 is 2.01. The Morgan fingerprint density at radius 1 is 1.43 bits per heavy atom. The molecule has 0 saturated carbocycles. The number of hydrogen-bond donors (Lipinski definition) is 1. The van der Waals surface area contributed by atoms with Gasteiger partial charge in [-0.2, -0.15) is 0 Å². The zero-order chi connectivity index (χ0) is 15.2. The maximum absolute atomic E-state index is 12.1. The molecule has 6 nitrogen and oxygen atoms in total. The Balaban J connectivity index is 1.88. The van der Waals surface area contributed by atoms with E-state index in [4.69, 9.17) is 0 Å². The van der Waals surface area contributed by atoms with E-state index in [0.29, 0.717) is 18.0 Å². The first-order chi connectivity index (χ1) is 10.1. The summed E-state index contributed by atoms with van der Waals surface area (Å²) in [6.45, 7) is 3.55. The normalized spacial score (nSPS) is 12.0. The molecule has 0 aliphatic carbocycles. The molecule has 6 heteroatoms. The number of carbonyl (C=O) groups excluding carboxylic acids is 1. The Kier molecular flexibility index (Phi) is 4.92. The Labute approximate surface area is 124 Å². The molecule has 0 fully saturated rings. The van der Waals surface area contributed by atoms with Gasteiger partial charge in [-0.3, -0.25) is 4.79 Å². The van der Waals surface area contributed by atoms with Gasteiger partial charge in [0.15, 0.2) is 0 Å². The van der Waals surface area contributed by atoms with E-state index in [0.717, 1.165) is 12.4 Å². The third-order valence-electron chi connectivity index (χ3n) is 3.16. The lowest BCUT2D eigenvalue weighted by Gasteiger charge is -2.14. The largest absolute Gasteiger partial charge is 0.363 e. The van der Waals surface area contributed by atoms with Crippen molar-refractivity contribution in [1.29, 1.82) is 0 Å². The number of pyridine rings is 1. The van der Waals surface area contributed by atoms with Gasteiger partial charge < -0.3 is 14.8 Å². The van der Waals surface area contributed by atoms with Gasteiger partial charge >= 0.3 is 0 Å². The number of amides is 1. The highest BCUT2D eigenvalue weighted by atomic mass is 16.1. The number of imidazole rings is 1. The van der Waals surface area contributed by atoms with Crippen molar-refractivity contribution in [1.82, 2.24) is 19.9 Å². The Morgan fingerprint density at radius 2 is 2.24 bits per heavy atom.